The van der Waals surface area contributed by atoms with Crippen molar-refractivity contribution in [1.29, 1.82) is 0 Å². The average molecular weight is 267 g/mol. The molecule has 104 valence electrons. The van der Waals surface area contributed by atoms with E-state index in [-0.39, 0.29) is 0 Å². The maximum Gasteiger partial charge on any atom is 0.329 e. The lowest BCUT2D eigenvalue weighted by Crippen LogP contribution is -2.29. The number of imidazole rings is 1. The van der Waals surface area contributed by atoms with Crippen LogP contribution in [-0.2, 0) is 13.6 Å². The highest BCUT2D eigenvalue weighted by atomic mass is 16.3. The van der Waals surface area contributed by atoms with Crippen molar-refractivity contribution in [3.63, 3.8) is 0 Å². The molecule has 0 aliphatic carbocycles. The van der Waals surface area contributed by atoms with Gasteiger partial charge in [-0.2, -0.15) is 4.98 Å². The Labute approximate surface area is 108 Å². The molecule has 0 fully saturated rings. The number of fused-ring (bicyclic) bond motifs is 1. The summed E-state index contributed by atoms with van der Waals surface area (Å²) in [6.45, 7) is 4.36. The number of aliphatic hydroxyl groups excluding tert-OH is 1. The summed E-state index contributed by atoms with van der Waals surface area (Å²) in [5.41, 5.74) is -0.292. The fourth-order valence-corrected chi connectivity index (χ4v) is 1.92. The molecule has 0 saturated heterocycles. The Balaban J connectivity index is 2.67. The number of nitrogens with one attached hydrogen (secondary N) is 2. The van der Waals surface area contributed by atoms with Gasteiger partial charge in [-0.3, -0.25) is 14.3 Å². The monoisotopic (exact) mass is 267 g/mol. The highest BCUT2D eigenvalue weighted by Crippen LogP contribution is 2.14. The highest BCUT2D eigenvalue weighted by molar-refractivity contribution is 5.74. The van der Waals surface area contributed by atoms with E-state index in [0.717, 1.165) is 0 Å². The van der Waals surface area contributed by atoms with E-state index in [4.69, 9.17) is 0 Å². The van der Waals surface area contributed by atoms with Gasteiger partial charge in [-0.05, 0) is 13.8 Å². The van der Waals surface area contributed by atoms with Crippen molar-refractivity contribution in [2.75, 3.05) is 11.9 Å². The van der Waals surface area contributed by atoms with E-state index < -0.39 is 17.4 Å². The van der Waals surface area contributed by atoms with Gasteiger partial charge in [-0.1, -0.05) is 0 Å². The van der Waals surface area contributed by atoms with Gasteiger partial charge in [0.25, 0.3) is 5.56 Å². The predicted molar refractivity (Wildman–Crippen MR) is 71.4 cm³/mol. The molecule has 0 amide bonds. The Morgan fingerprint density at radius 2 is 2.16 bits per heavy atom. The van der Waals surface area contributed by atoms with Crippen molar-refractivity contribution >= 4 is 17.1 Å². The molecule has 2 aromatic rings. The van der Waals surface area contributed by atoms with Crippen molar-refractivity contribution in [3.8, 4) is 0 Å². The molecule has 2 heterocycles. The Morgan fingerprint density at radius 1 is 1.47 bits per heavy atom. The van der Waals surface area contributed by atoms with Crippen LogP contribution in [0.15, 0.2) is 9.59 Å². The van der Waals surface area contributed by atoms with Gasteiger partial charge in [-0.15, -0.1) is 0 Å². The van der Waals surface area contributed by atoms with Crippen LogP contribution in [0.1, 0.15) is 13.8 Å². The third-order valence-electron chi connectivity index (χ3n) is 2.88. The van der Waals surface area contributed by atoms with Crippen LogP contribution in [0.5, 0.6) is 0 Å². The van der Waals surface area contributed by atoms with Crippen LogP contribution in [-0.4, -0.2) is 36.9 Å². The largest absolute Gasteiger partial charge is 0.392 e. The number of H-pyrrole nitrogens is 1. The maximum absolute atomic E-state index is 11.9. The lowest BCUT2D eigenvalue weighted by molar-refractivity contribution is 0.208. The highest BCUT2D eigenvalue weighted by Gasteiger charge is 2.16. The van der Waals surface area contributed by atoms with Crippen LogP contribution in [0.3, 0.4) is 0 Å². The molecule has 8 heteroatoms. The molecule has 0 bridgehead atoms. The molecular formula is C11H17N5O3. The summed E-state index contributed by atoms with van der Waals surface area (Å²) < 4.78 is 2.96. The number of aliphatic hydroxyl groups is 1. The molecule has 19 heavy (non-hydrogen) atoms. The van der Waals surface area contributed by atoms with E-state index >= 15 is 0 Å². The van der Waals surface area contributed by atoms with Crippen LogP contribution in [0, 0.1) is 0 Å². The van der Waals surface area contributed by atoms with Gasteiger partial charge in [0.2, 0.25) is 5.95 Å². The minimum absolute atomic E-state index is 0.315. The van der Waals surface area contributed by atoms with Crippen molar-refractivity contribution in [2.45, 2.75) is 26.5 Å². The maximum atomic E-state index is 11.9. The first-order valence-corrected chi connectivity index (χ1v) is 6.07. The minimum Gasteiger partial charge on any atom is -0.392 e. The lowest BCUT2D eigenvalue weighted by Gasteiger charge is -2.09. The molecular weight excluding hydrogens is 250 g/mol. The van der Waals surface area contributed by atoms with Crippen LogP contribution >= 0.6 is 0 Å². The van der Waals surface area contributed by atoms with Crippen LogP contribution in [0.2, 0.25) is 0 Å². The summed E-state index contributed by atoms with van der Waals surface area (Å²) in [7, 11) is 1.55. The number of aromatic amines is 1. The van der Waals surface area contributed by atoms with Gasteiger partial charge in [0, 0.05) is 20.1 Å². The molecule has 0 aliphatic heterocycles. The summed E-state index contributed by atoms with van der Waals surface area (Å²) in [5.74, 6) is 0.463. The first-order chi connectivity index (χ1) is 8.95. The first kappa shape index (κ1) is 13.3. The van der Waals surface area contributed by atoms with Crippen LogP contribution in [0.4, 0.5) is 5.95 Å². The number of aromatic nitrogens is 4. The van der Waals surface area contributed by atoms with Crippen molar-refractivity contribution in [3.05, 3.63) is 20.8 Å². The standard InChI is InChI=1S/C11H17N5O3/c1-4-16-7-8(13-10(16)12-5-6(2)17)15(3)11(19)14-9(7)18/h6,17H,4-5H2,1-3H3,(H,12,13)(H,14,18,19)/t6-/m0/s1. The molecule has 1 atom stereocenters. The molecule has 8 nitrogen and oxygen atoms in total. The first-order valence-electron chi connectivity index (χ1n) is 6.07. The zero-order valence-electron chi connectivity index (χ0n) is 11.1. The van der Waals surface area contributed by atoms with E-state index in [9.17, 15) is 14.7 Å². The molecule has 2 aromatic heterocycles. The number of nitrogens with zero attached hydrogens (tertiary/aromatic N) is 3. The fraction of sp³-hybridized carbons (Fsp3) is 0.545. The molecule has 2 rings (SSSR count). The van der Waals surface area contributed by atoms with E-state index in [1.807, 2.05) is 6.92 Å². The second-order valence-electron chi connectivity index (χ2n) is 4.40. The zero-order chi connectivity index (χ0) is 14.2. The van der Waals surface area contributed by atoms with Crippen molar-refractivity contribution in [2.24, 2.45) is 7.05 Å². The molecule has 0 radical (unpaired) electrons. The molecule has 0 spiro atoms. The minimum atomic E-state index is -0.535. The van der Waals surface area contributed by atoms with E-state index in [0.29, 0.717) is 30.2 Å². The Morgan fingerprint density at radius 3 is 2.74 bits per heavy atom. The topological polar surface area (TPSA) is 105 Å². The molecule has 0 saturated carbocycles. The molecule has 3 N–H and O–H groups in total. The predicted octanol–water partition coefficient (Wildman–Crippen LogP) is -0.764. The van der Waals surface area contributed by atoms with Gasteiger partial charge in [0.05, 0.1) is 6.10 Å². The molecule has 0 aromatic carbocycles. The van der Waals surface area contributed by atoms with Gasteiger partial charge < -0.3 is 15.0 Å². The summed E-state index contributed by atoms with van der Waals surface area (Å²) >= 11 is 0. The zero-order valence-corrected chi connectivity index (χ0v) is 11.1. The second kappa shape index (κ2) is 4.88. The molecule has 0 aliphatic rings. The Kier molecular flexibility index (Phi) is 3.43. The number of anilines is 1. The van der Waals surface area contributed by atoms with Crippen molar-refractivity contribution in [1.82, 2.24) is 19.1 Å². The van der Waals surface area contributed by atoms with E-state index in [1.54, 1.807) is 18.5 Å². The summed E-state index contributed by atoms with van der Waals surface area (Å²) in [6, 6.07) is 0. The number of aryl methyl sites for hydroxylation is 2. The Bertz CT molecular complexity index is 709. The average Bonchev–Trinajstić information content (AvgIpc) is 2.72. The number of rotatable bonds is 4. The summed E-state index contributed by atoms with van der Waals surface area (Å²) in [6.07, 6.45) is -0.535. The van der Waals surface area contributed by atoms with Gasteiger partial charge in [-0.25, -0.2) is 4.79 Å². The SMILES string of the molecule is CCn1c(NC[C@H](C)O)nc2c1c(=O)[nH]c(=O)n2C. The Hall–Kier alpha value is -2.09. The number of hydrogen-bond donors (Lipinski definition) is 3. The smallest absolute Gasteiger partial charge is 0.329 e. The van der Waals surface area contributed by atoms with Gasteiger partial charge in [0.15, 0.2) is 11.2 Å². The third-order valence-corrected chi connectivity index (χ3v) is 2.88. The normalized spacial score (nSPS) is 12.8. The van der Waals surface area contributed by atoms with Crippen LogP contribution < -0.4 is 16.6 Å². The number of hydrogen-bond acceptors (Lipinski definition) is 5. The summed E-state index contributed by atoms with van der Waals surface area (Å²) in [5, 5.41) is 12.2. The van der Waals surface area contributed by atoms with Crippen LogP contribution in [0.25, 0.3) is 11.2 Å². The van der Waals surface area contributed by atoms with E-state index in [1.165, 1.54) is 4.57 Å². The van der Waals surface area contributed by atoms with Gasteiger partial charge >= 0.3 is 5.69 Å². The third kappa shape index (κ3) is 2.26. The lowest BCUT2D eigenvalue weighted by atomic mass is 10.4. The quantitative estimate of drug-likeness (QED) is 0.675. The van der Waals surface area contributed by atoms with E-state index in [2.05, 4.69) is 15.3 Å². The molecule has 0 unspecified atom stereocenters. The van der Waals surface area contributed by atoms with Crippen molar-refractivity contribution < 1.29 is 5.11 Å². The fourth-order valence-electron chi connectivity index (χ4n) is 1.92. The van der Waals surface area contributed by atoms with Gasteiger partial charge in [0.1, 0.15) is 0 Å². The summed E-state index contributed by atoms with van der Waals surface area (Å²) in [4.78, 5) is 29.9. The second-order valence-corrected chi connectivity index (χ2v) is 4.40.